The predicted octanol–water partition coefficient (Wildman–Crippen LogP) is 4.79. The van der Waals surface area contributed by atoms with Crippen LogP contribution in [0.1, 0.15) is 27.7 Å². The average Bonchev–Trinajstić information content (AvgIpc) is 2.91. The Kier molecular flexibility index (Phi) is 7.60. The molecule has 9 heteroatoms. The summed E-state index contributed by atoms with van der Waals surface area (Å²) in [4.78, 5) is 36.8. The minimum Gasteiger partial charge on any atom is -0.497 e. The van der Waals surface area contributed by atoms with Crippen LogP contribution in [-0.4, -0.2) is 33.8 Å². The topological polar surface area (TPSA) is 84.4 Å². The third-order valence-corrected chi connectivity index (χ3v) is 5.39. The van der Waals surface area contributed by atoms with Crippen molar-refractivity contribution in [3.8, 4) is 5.75 Å². The average molecular weight is 488 g/mol. The van der Waals surface area contributed by atoms with Gasteiger partial charge >= 0.3 is 0 Å². The number of aromatic nitrogens is 2. The van der Waals surface area contributed by atoms with Crippen LogP contribution in [0.3, 0.4) is 0 Å². The van der Waals surface area contributed by atoms with Crippen LogP contribution in [0.25, 0.3) is 0 Å². The first-order valence-corrected chi connectivity index (χ1v) is 11.0. The van der Waals surface area contributed by atoms with Crippen molar-refractivity contribution in [3.05, 3.63) is 120 Å². The number of hydrogen-bond donors (Lipinski definition) is 1. The summed E-state index contributed by atoms with van der Waals surface area (Å²) < 4.78 is 32.3. The number of halogens is 2. The van der Waals surface area contributed by atoms with E-state index in [4.69, 9.17) is 4.74 Å². The van der Waals surface area contributed by atoms with Crippen molar-refractivity contribution in [3.63, 3.8) is 0 Å². The summed E-state index contributed by atoms with van der Waals surface area (Å²) in [7, 11) is 1.49. The fourth-order valence-electron chi connectivity index (χ4n) is 3.65. The molecule has 1 heterocycles. The number of carbonyl (C=O) groups is 2. The van der Waals surface area contributed by atoms with Crippen molar-refractivity contribution in [2.75, 3.05) is 12.4 Å². The lowest BCUT2D eigenvalue weighted by Crippen LogP contribution is -2.41. The van der Waals surface area contributed by atoms with Crippen LogP contribution in [0, 0.1) is 11.6 Å². The van der Waals surface area contributed by atoms with E-state index in [2.05, 4.69) is 15.3 Å². The maximum atomic E-state index is 13.7. The molecule has 0 saturated heterocycles. The lowest BCUT2D eigenvalue weighted by atomic mass is 10.0. The maximum Gasteiger partial charge on any atom is 0.275 e. The van der Waals surface area contributed by atoms with E-state index in [1.807, 2.05) is 0 Å². The van der Waals surface area contributed by atoms with E-state index in [0.717, 1.165) is 0 Å². The summed E-state index contributed by atoms with van der Waals surface area (Å²) >= 11 is 0. The van der Waals surface area contributed by atoms with Gasteiger partial charge in [-0.25, -0.2) is 13.8 Å². The number of amides is 2. The standard InChI is InChI=1S/C27H22F2N4O3/c1-36-23-4-2-3-19(15-23)25(26(34)32-22-11-9-21(29)10-12-22)33(17-18-5-7-20(28)8-6-18)27(35)24-16-30-13-14-31-24/h2-16,25H,17H2,1H3,(H,32,34). The van der Waals surface area contributed by atoms with Gasteiger partial charge in [0, 0.05) is 24.6 Å². The highest BCUT2D eigenvalue weighted by atomic mass is 19.1. The van der Waals surface area contributed by atoms with E-state index in [0.29, 0.717) is 22.6 Å². The van der Waals surface area contributed by atoms with Gasteiger partial charge in [0.25, 0.3) is 11.8 Å². The van der Waals surface area contributed by atoms with Crippen LogP contribution in [0.2, 0.25) is 0 Å². The summed E-state index contributed by atoms with van der Waals surface area (Å²) in [6.07, 6.45) is 4.12. The molecule has 0 spiro atoms. The Bertz CT molecular complexity index is 1330. The van der Waals surface area contributed by atoms with Gasteiger partial charge in [-0.05, 0) is 59.7 Å². The second-order valence-corrected chi connectivity index (χ2v) is 7.83. The van der Waals surface area contributed by atoms with E-state index in [1.54, 1.807) is 24.3 Å². The Hall–Kier alpha value is -4.66. The molecular weight excluding hydrogens is 466 g/mol. The Morgan fingerprint density at radius 3 is 2.31 bits per heavy atom. The Morgan fingerprint density at radius 2 is 1.67 bits per heavy atom. The molecule has 4 rings (SSSR count). The smallest absolute Gasteiger partial charge is 0.275 e. The van der Waals surface area contributed by atoms with Gasteiger partial charge in [0.05, 0.1) is 13.3 Å². The fourth-order valence-corrected chi connectivity index (χ4v) is 3.65. The quantitative estimate of drug-likeness (QED) is 0.386. The molecule has 36 heavy (non-hydrogen) atoms. The molecule has 7 nitrogen and oxygen atoms in total. The normalized spacial score (nSPS) is 11.4. The molecule has 1 atom stereocenters. The molecule has 1 aromatic heterocycles. The Labute approximate surface area is 206 Å². The highest BCUT2D eigenvalue weighted by molar-refractivity contribution is 6.00. The van der Waals surface area contributed by atoms with Crippen LogP contribution in [0.15, 0.2) is 91.4 Å². The molecule has 3 aromatic carbocycles. The van der Waals surface area contributed by atoms with Crippen LogP contribution in [0.5, 0.6) is 5.75 Å². The first-order valence-electron chi connectivity index (χ1n) is 11.0. The molecular formula is C27H22F2N4O3. The third-order valence-electron chi connectivity index (χ3n) is 5.39. The fraction of sp³-hybridized carbons (Fsp3) is 0.111. The highest BCUT2D eigenvalue weighted by Gasteiger charge is 2.33. The number of nitrogens with one attached hydrogen (secondary N) is 1. The molecule has 0 bridgehead atoms. The van der Waals surface area contributed by atoms with Gasteiger partial charge in [-0.1, -0.05) is 24.3 Å². The first kappa shape index (κ1) is 24.5. The van der Waals surface area contributed by atoms with Gasteiger partial charge < -0.3 is 15.0 Å². The second-order valence-electron chi connectivity index (χ2n) is 7.83. The number of rotatable bonds is 8. The first-order chi connectivity index (χ1) is 17.4. The Morgan fingerprint density at radius 1 is 0.972 bits per heavy atom. The van der Waals surface area contributed by atoms with Gasteiger partial charge in [-0.15, -0.1) is 0 Å². The van der Waals surface area contributed by atoms with E-state index in [9.17, 15) is 18.4 Å². The second kappa shape index (κ2) is 11.2. The van der Waals surface area contributed by atoms with Crippen molar-refractivity contribution in [1.29, 1.82) is 0 Å². The van der Waals surface area contributed by atoms with E-state index in [1.165, 1.54) is 79.1 Å². The molecule has 0 aliphatic rings. The number of carbonyl (C=O) groups excluding carboxylic acids is 2. The van der Waals surface area contributed by atoms with Gasteiger partial charge in [-0.3, -0.25) is 14.6 Å². The molecule has 0 saturated carbocycles. The molecule has 0 radical (unpaired) electrons. The Balaban J connectivity index is 1.80. The number of benzene rings is 3. The van der Waals surface area contributed by atoms with Gasteiger partial charge in [0.15, 0.2) is 0 Å². The molecule has 0 aliphatic heterocycles. The highest BCUT2D eigenvalue weighted by Crippen LogP contribution is 2.29. The SMILES string of the molecule is COc1cccc(C(C(=O)Nc2ccc(F)cc2)N(Cc2ccc(F)cc2)C(=O)c2cnccn2)c1. The summed E-state index contributed by atoms with van der Waals surface area (Å²) in [5, 5.41) is 2.75. The summed E-state index contributed by atoms with van der Waals surface area (Å²) in [6.45, 7) is -0.0333. The van der Waals surface area contributed by atoms with Crippen molar-refractivity contribution < 1.29 is 23.1 Å². The van der Waals surface area contributed by atoms with Crippen molar-refractivity contribution in [1.82, 2.24) is 14.9 Å². The monoisotopic (exact) mass is 488 g/mol. The molecule has 2 amide bonds. The third kappa shape index (κ3) is 5.87. The van der Waals surface area contributed by atoms with Crippen molar-refractivity contribution in [2.24, 2.45) is 0 Å². The number of ether oxygens (including phenoxy) is 1. The van der Waals surface area contributed by atoms with Crippen LogP contribution in [0.4, 0.5) is 14.5 Å². The van der Waals surface area contributed by atoms with Gasteiger partial charge in [0.2, 0.25) is 0 Å². The largest absolute Gasteiger partial charge is 0.497 e. The van der Waals surface area contributed by atoms with E-state index >= 15 is 0 Å². The van der Waals surface area contributed by atoms with E-state index in [-0.39, 0.29) is 12.2 Å². The predicted molar refractivity (Wildman–Crippen MR) is 129 cm³/mol. The number of anilines is 1. The minimum absolute atomic E-state index is 0.0297. The van der Waals surface area contributed by atoms with Crippen LogP contribution in [-0.2, 0) is 11.3 Å². The molecule has 1 N–H and O–H groups in total. The molecule has 1 unspecified atom stereocenters. The minimum atomic E-state index is -1.15. The summed E-state index contributed by atoms with van der Waals surface area (Å²) in [5.74, 6) is -1.50. The number of methoxy groups -OCH3 is 1. The van der Waals surface area contributed by atoms with Crippen LogP contribution < -0.4 is 10.1 Å². The number of hydrogen-bond acceptors (Lipinski definition) is 5. The lowest BCUT2D eigenvalue weighted by molar-refractivity contribution is -0.121. The zero-order chi connectivity index (χ0) is 25.5. The molecule has 4 aromatic rings. The van der Waals surface area contributed by atoms with Crippen molar-refractivity contribution >= 4 is 17.5 Å². The summed E-state index contributed by atoms with van der Waals surface area (Å²) in [5.41, 5.74) is 1.44. The zero-order valence-electron chi connectivity index (χ0n) is 19.3. The molecule has 0 aliphatic carbocycles. The lowest BCUT2D eigenvalue weighted by Gasteiger charge is -2.31. The van der Waals surface area contributed by atoms with E-state index < -0.39 is 29.5 Å². The van der Waals surface area contributed by atoms with Crippen LogP contribution >= 0.6 is 0 Å². The maximum absolute atomic E-state index is 13.7. The van der Waals surface area contributed by atoms with Gasteiger partial charge in [-0.2, -0.15) is 0 Å². The number of nitrogens with zero attached hydrogens (tertiary/aromatic N) is 3. The summed E-state index contributed by atoms with van der Waals surface area (Å²) in [6, 6.07) is 16.5. The zero-order valence-corrected chi connectivity index (χ0v) is 19.3. The molecule has 182 valence electrons. The van der Waals surface area contributed by atoms with Crippen molar-refractivity contribution in [2.45, 2.75) is 12.6 Å². The van der Waals surface area contributed by atoms with Gasteiger partial charge in [0.1, 0.15) is 29.1 Å². The molecule has 0 fully saturated rings.